The molecule has 0 bridgehead atoms. The third kappa shape index (κ3) is 4.15. The molecular formula is C15H18N2O2S. The topological polar surface area (TPSA) is 53.4 Å². The lowest BCUT2D eigenvalue weighted by atomic mass is 10.2. The van der Waals surface area contributed by atoms with Crippen molar-refractivity contribution in [3.8, 4) is 10.6 Å². The maximum Gasteiger partial charge on any atom is 0.304 e. The number of hydrogen-bond acceptors (Lipinski definition) is 4. The van der Waals surface area contributed by atoms with Crippen LogP contribution in [0.4, 0.5) is 0 Å². The number of rotatable bonds is 6. The van der Waals surface area contributed by atoms with E-state index in [1.807, 2.05) is 18.1 Å². The zero-order valence-corrected chi connectivity index (χ0v) is 12.5. The third-order valence-corrected chi connectivity index (χ3v) is 4.02. The molecule has 1 aromatic carbocycles. The summed E-state index contributed by atoms with van der Waals surface area (Å²) in [5.41, 5.74) is 2.36. The Hall–Kier alpha value is -1.72. The van der Waals surface area contributed by atoms with Crippen molar-refractivity contribution < 1.29 is 9.90 Å². The smallest absolute Gasteiger partial charge is 0.304 e. The zero-order valence-electron chi connectivity index (χ0n) is 11.7. The van der Waals surface area contributed by atoms with E-state index in [2.05, 4.69) is 36.2 Å². The molecule has 1 aromatic heterocycles. The minimum atomic E-state index is -0.763. The Kier molecular flexibility index (Phi) is 4.87. The van der Waals surface area contributed by atoms with E-state index in [1.165, 1.54) is 5.56 Å². The summed E-state index contributed by atoms with van der Waals surface area (Å²) < 4.78 is 0. The van der Waals surface area contributed by atoms with Crippen molar-refractivity contribution in [2.75, 3.05) is 13.6 Å². The van der Waals surface area contributed by atoms with E-state index in [1.54, 1.807) is 11.3 Å². The van der Waals surface area contributed by atoms with Crippen LogP contribution < -0.4 is 0 Å². The number of aliphatic carboxylic acids is 1. The number of nitrogens with zero attached hydrogens (tertiary/aromatic N) is 2. The Morgan fingerprint density at radius 1 is 1.35 bits per heavy atom. The van der Waals surface area contributed by atoms with Gasteiger partial charge in [0, 0.05) is 29.7 Å². The fraction of sp³-hybridized carbons (Fsp3) is 0.333. The third-order valence-electron chi connectivity index (χ3n) is 2.99. The first-order valence-electron chi connectivity index (χ1n) is 6.46. The summed E-state index contributed by atoms with van der Waals surface area (Å²) in [5, 5.41) is 9.67. The molecule has 0 aliphatic rings. The predicted molar refractivity (Wildman–Crippen MR) is 80.9 cm³/mol. The lowest BCUT2D eigenvalue weighted by molar-refractivity contribution is -0.137. The summed E-state index contributed by atoms with van der Waals surface area (Å²) in [6.45, 7) is 3.35. The lowest BCUT2D eigenvalue weighted by Crippen LogP contribution is -2.20. The van der Waals surface area contributed by atoms with Gasteiger partial charge in [-0.05, 0) is 14.0 Å². The van der Waals surface area contributed by atoms with Crippen molar-refractivity contribution in [3.05, 3.63) is 40.9 Å². The van der Waals surface area contributed by atoms with Gasteiger partial charge in [-0.3, -0.25) is 4.79 Å². The van der Waals surface area contributed by atoms with Gasteiger partial charge in [-0.2, -0.15) is 0 Å². The molecule has 0 spiro atoms. The summed E-state index contributed by atoms with van der Waals surface area (Å²) >= 11 is 1.65. The fourth-order valence-electron chi connectivity index (χ4n) is 1.84. The maximum atomic E-state index is 10.5. The summed E-state index contributed by atoms with van der Waals surface area (Å²) in [6, 6.07) is 8.31. The average molecular weight is 290 g/mol. The second kappa shape index (κ2) is 6.63. The van der Waals surface area contributed by atoms with Gasteiger partial charge in [-0.15, -0.1) is 11.3 Å². The van der Waals surface area contributed by atoms with Gasteiger partial charge in [0.15, 0.2) is 0 Å². The summed E-state index contributed by atoms with van der Waals surface area (Å²) in [4.78, 5) is 18.1. The van der Waals surface area contributed by atoms with Gasteiger partial charge >= 0.3 is 5.97 Å². The number of carboxylic acid groups (broad SMARTS) is 1. The van der Waals surface area contributed by atoms with Crippen LogP contribution in [0.5, 0.6) is 0 Å². The highest BCUT2D eigenvalue weighted by molar-refractivity contribution is 7.15. The molecule has 0 unspecified atom stereocenters. The fourth-order valence-corrected chi connectivity index (χ4v) is 2.84. The second-order valence-electron chi connectivity index (χ2n) is 4.88. The Labute approximate surface area is 122 Å². The molecular weight excluding hydrogens is 272 g/mol. The van der Waals surface area contributed by atoms with Gasteiger partial charge in [-0.25, -0.2) is 4.98 Å². The molecule has 0 atom stereocenters. The molecule has 0 saturated heterocycles. The highest BCUT2D eigenvalue weighted by atomic mass is 32.1. The number of carboxylic acids is 1. The van der Waals surface area contributed by atoms with E-state index in [9.17, 15) is 4.79 Å². The number of benzene rings is 1. The molecule has 0 saturated carbocycles. The highest BCUT2D eigenvalue weighted by Crippen LogP contribution is 2.26. The molecule has 1 N–H and O–H groups in total. The van der Waals surface area contributed by atoms with Crippen molar-refractivity contribution in [1.29, 1.82) is 0 Å². The van der Waals surface area contributed by atoms with Crippen molar-refractivity contribution in [2.24, 2.45) is 0 Å². The van der Waals surface area contributed by atoms with Crippen LogP contribution in [0.1, 0.15) is 16.9 Å². The molecule has 0 aliphatic carbocycles. The van der Waals surface area contributed by atoms with Crippen molar-refractivity contribution in [3.63, 3.8) is 0 Å². The quantitative estimate of drug-likeness (QED) is 0.888. The van der Waals surface area contributed by atoms with Crippen LogP contribution in [-0.4, -0.2) is 34.6 Å². The summed E-state index contributed by atoms with van der Waals surface area (Å²) in [5.74, 6) is -0.763. The van der Waals surface area contributed by atoms with Crippen LogP contribution in [0.15, 0.2) is 30.5 Å². The van der Waals surface area contributed by atoms with E-state index in [4.69, 9.17) is 5.11 Å². The molecule has 1 heterocycles. The first-order valence-corrected chi connectivity index (χ1v) is 7.28. The molecule has 20 heavy (non-hydrogen) atoms. The summed E-state index contributed by atoms with van der Waals surface area (Å²) in [7, 11) is 1.92. The Bertz CT molecular complexity index is 578. The molecule has 0 fully saturated rings. The lowest BCUT2D eigenvalue weighted by Gasteiger charge is -2.13. The van der Waals surface area contributed by atoms with E-state index in [0.29, 0.717) is 6.54 Å². The number of hydrogen-bond donors (Lipinski definition) is 1. The van der Waals surface area contributed by atoms with Crippen LogP contribution >= 0.6 is 11.3 Å². The second-order valence-corrected chi connectivity index (χ2v) is 5.99. The first kappa shape index (κ1) is 14.7. The van der Waals surface area contributed by atoms with Gasteiger partial charge in [-0.1, -0.05) is 29.8 Å². The minimum Gasteiger partial charge on any atom is -0.481 e. The zero-order chi connectivity index (χ0) is 14.5. The van der Waals surface area contributed by atoms with E-state index in [0.717, 1.165) is 22.0 Å². The van der Waals surface area contributed by atoms with Crippen molar-refractivity contribution in [2.45, 2.75) is 19.9 Å². The SMILES string of the molecule is Cc1ccc(-c2ncc(CN(C)CCC(=O)O)s2)cc1. The highest BCUT2D eigenvalue weighted by Gasteiger charge is 2.08. The minimum absolute atomic E-state index is 0.167. The van der Waals surface area contributed by atoms with Gasteiger partial charge < -0.3 is 10.0 Å². The van der Waals surface area contributed by atoms with Crippen LogP contribution in [0.25, 0.3) is 10.6 Å². The Balaban J connectivity index is 1.98. The molecule has 0 radical (unpaired) electrons. The number of thiazole rings is 1. The Morgan fingerprint density at radius 2 is 2.05 bits per heavy atom. The predicted octanol–water partition coefficient (Wildman–Crippen LogP) is 3.03. The standard InChI is InChI=1S/C15H18N2O2S/c1-11-3-5-12(6-4-11)15-16-9-13(20-15)10-17(2)8-7-14(18)19/h3-6,9H,7-8,10H2,1-2H3,(H,18,19). The van der Waals surface area contributed by atoms with Crippen LogP contribution in [0.3, 0.4) is 0 Å². The Morgan fingerprint density at radius 3 is 2.70 bits per heavy atom. The molecule has 2 rings (SSSR count). The molecule has 2 aromatic rings. The maximum absolute atomic E-state index is 10.5. The van der Waals surface area contributed by atoms with Gasteiger partial charge in [0.25, 0.3) is 0 Å². The molecule has 106 valence electrons. The van der Waals surface area contributed by atoms with E-state index in [-0.39, 0.29) is 6.42 Å². The number of aromatic nitrogens is 1. The van der Waals surface area contributed by atoms with Crippen LogP contribution in [-0.2, 0) is 11.3 Å². The number of carbonyl (C=O) groups is 1. The summed E-state index contributed by atoms with van der Waals surface area (Å²) in [6.07, 6.45) is 2.04. The normalized spacial score (nSPS) is 10.9. The van der Waals surface area contributed by atoms with Gasteiger partial charge in [0.2, 0.25) is 0 Å². The van der Waals surface area contributed by atoms with Gasteiger partial charge in [0.05, 0.1) is 6.42 Å². The average Bonchev–Trinajstić information content (AvgIpc) is 2.85. The van der Waals surface area contributed by atoms with E-state index >= 15 is 0 Å². The molecule has 0 aliphatic heterocycles. The van der Waals surface area contributed by atoms with Crippen molar-refractivity contribution >= 4 is 17.3 Å². The first-order chi connectivity index (χ1) is 9.54. The molecule has 5 heteroatoms. The molecule has 4 nitrogen and oxygen atoms in total. The largest absolute Gasteiger partial charge is 0.481 e. The number of aryl methyl sites for hydroxylation is 1. The van der Waals surface area contributed by atoms with Crippen LogP contribution in [0.2, 0.25) is 0 Å². The molecule has 0 amide bonds. The van der Waals surface area contributed by atoms with Gasteiger partial charge in [0.1, 0.15) is 5.01 Å². The monoisotopic (exact) mass is 290 g/mol. The van der Waals surface area contributed by atoms with E-state index < -0.39 is 5.97 Å². The van der Waals surface area contributed by atoms with Crippen molar-refractivity contribution in [1.82, 2.24) is 9.88 Å². The van der Waals surface area contributed by atoms with Crippen LogP contribution in [0, 0.1) is 6.92 Å².